The molecule has 0 spiro atoms. The van der Waals surface area contributed by atoms with Crippen molar-refractivity contribution < 1.29 is 0 Å². The van der Waals surface area contributed by atoms with Crippen molar-refractivity contribution in [2.75, 3.05) is 32.7 Å². The predicted octanol–water partition coefficient (Wildman–Crippen LogP) is 4.78. The van der Waals surface area contributed by atoms with Gasteiger partial charge in [0.15, 0.2) is 0 Å². The summed E-state index contributed by atoms with van der Waals surface area (Å²) in [5, 5.41) is 0. The van der Waals surface area contributed by atoms with Crippen LogP contribution in [0.1, 0.15) is 36.1 Å². The van der Waals surface area contributed by atoms with Gasteiger partial charge in [0, 0.05) is 24.2 Å². The quantitative estimate of drug-likeness (QED) is 0.718. The van der Waals surface area contributed by atoms with Gasteiger partial charge < -0.3 is 0 Å². The van der Waals surface area contributed by atoms with Crippen molar-refractivity contribution in [1.29, 1.82) is 0 Å². The van der Waals surface area contributed by atoms with Crippen molar-refractivity contribution in [3.8, 4) is 0 Å². The van der Waals surface area contributed by atoms with Crippen molar-refractivity contribution in [1.82, 2.24) is 14.8 Å². The van der Waals surface area contributed by atoms with Crippen LogP contribution in [0, 0.1) is 11.8 Å². The lowest BCUT2D eigenvalue weighted by molar-refractivity contribution is 0.0982. The molecule has 0 amide bonds. The number of likely N-dealkylation sites (tertiary alicyclic amines) is 2. The second kappa shape index (κ2) is 9.63. The predicted molar refractivity (Wildman–Crippen MR) is 115 cm³/mol. The van der Waals surface area contributed by atoms with Crippen LogP contribution in [0.25, 0.3) is 6.08 Å². The Morgan fingerprint density at radius 1 is 0.926 bits per heavy atom. The summed E-state index contributed by atoms with van der Waals surface area (Å²) in [5.41, 5.74) is 3.25. The summed E-state index contributed by atoms with van der Waals surface area (Å²) in [7, 11) is 0. The van der Waals surface area contributed by atoms with Crippen molar-refractivity contribution in [2.45, 2.75) is 32.2 Å². The number of aromatic nitrogens is 1. The van der Waals surface area contributed by atoms with Gasteiger partial charge in [0.1, 0.15) is 0 Å². The lowest BCUT2D eigenvalue weighted by Crippen LogP contribution is -2.40. The molecule has 27 heavy (non-hydrogen) atoms. The van der Waals surface area contributed by atoms with Crippen LogP contribution >= 0.6 is 11.3 Å². The van der Waals surface area contributed by atoms with Crippen molar-refractivity contribution in [3.05, 3.63) is 58.6 Å². The summed E-state index contributed by atoms with van der Waals surface area (Å²) in [6, 6.07) is 10.6. The summed E-state index contributed by atoms with van der Waals surface area (Å²) < 4.78 is 0. The monoisotopic (exact) mass is 381 g/mol. The van der Waals surface area contributed by atoms with E-state index in [1.54, 1.807) is 11.3 Å². The van der Waals surface area contributed by atoms with Crippen LogP contribution < -0.4 is 0 Å². The fourth-order valence-corrected chi connectivity index (χ4v) is 5.27. The summed E-state index contributed by atoms with van der Waals surface area (Å²) in [6.45, 7) is 7.26. The highest BCUT2D eigenvalue weighted by atomic mass is 32.1. The lowest BCUT2D eigenvalue weighted by atomic mass is 9.79. The first-order valence-corrected chi connectivity index (χ1v) is 11.3. The Labute approximate surface area is 167 Å². The summed E-state index contributed by atoms with van der Waals surface area (Å²) in [4.78, 5) is 10.9. The van der Waals surface area contributed by atoms with Gasteiger partial charge in [0.2, 0.25) is 0 Å². The van der Waals surface area contributed by atoms with Crippen molar-refractivity contribution in [2.24, 2.45) is 11.8 Å². The topological polar surface area (TPSA) is 19.4 Å². The zero-order valence-electron chi connectivity index (χ0n) is 16.2. The number of thiazole rings is 1. The van der Waals surface area contributed by atoms with E-state index in [0.29, 0.717) is 0 Å². The molecule has 2 aliphatic heterocycles. The van der Waals surface area contributed by atoms with Gasteiger partial charge in [-0.05, 0) is 69.3 Å². The highest BCUT2D eigenvalue weighted by Gasteiger charge is 2.29. The van der Waals surface area contributed by atoms with E-state index < -0.39 is 0 Å². The standard InChI is InChI=1S/C23H31N3S/c1-2-5-20(6-3-1)7-4-12-25-13-8-21(9-14-25)22-10-15-26(16-11-22)18-23-17-24-19-27-23/h1-7,17,19,21-22H,8-16,18H2. The van der Waals surface area contributed by atoms with Crippen LogP contribution in [0.5, 0.6) is 0 Å². The van der Waals surface area contributed by atoms with Gasteiger partial charge in [0.25, 0.3) is 0 Å². The fraction of sp³-hybridized carbons (Fsp3) is 0.522. The Morgan fingerprint density at radius 3 is 2.22 bits per heavy atom. The SMILES string of the molecule is C(=Cc1ccccc1)CN1CCC(C2CCN(Cc3cncs3)CC2)CC1. The number of nitrogens with zero attached hydrogens (tertiary/aromatic N) is 3. The van der Waals surface area contributed by atoms with E-state index in [4.69, 9.17) is 0 Å². The average Bonchev–Trinajstić information content (AvgIpc) is 3.23. The molecular formula is C23H31N3S. The fourth-order valence-electron chi connectivity index (χ4n) is 4.63. The van der Waals surface area contributed by atoms with Crippen LogP contribution in [0.3, 0.4) is 0 Å². The maximum Gasteiger partial charge on any atom is 0.0794 e. The minimum absolute atomic E-state index is 0.949. The minimum atomic E-state index is 0.949. The van der Waals surface area contributed by atoms with E-state index in [-0.39, 0.29) is 0 Å². The molecule has 144 valence electrons. The van der Waals surface area contributed by atoms with Gasteiger partial charge in [-0.2, -0.15) is 0 Å². The van der Waals surface area contributed by atoms with Crippen LogP contribution in [-0.4, -0.2) is 47.5 Å². The second-order valence-electron chi connectivity index (χ2n) is 8.03. The Morgan fingerprint density at radius 2 is 1.59 bits per heavy atom. The van der Waals surface area contributed by atoms with E-state index in [1.165, 1.54) is 62.3 Å². The van der Waals surface area contributed by atoms with Crippen LogP contribution in [-0.2, 0) is 6.54 Å². The van der Waals surface area contributed by atoms with E-state index in [0.717, 1.165) is 24.9 Å². The van der Waals surface area contributed by atoms with Gasteiger partial charge in [-0.15, -0.1) is 11.3 Å². The molecule has 2 fully saturated rings. The van der Waals surface area contributed by atoms with Gasteiger partial charge in [-0.3, -0.25) is 14.8 Å². The molecule has 0 saturated carbocycles. The summed E-state index contributed by atoms with van der Waals surface area (Å²) in [6.07, 6.45) is 12.2. The third-order valence-corrected chi connectivity index (χ3v) is 7.03. The number of hydrogen-bond acceptors (Lipinski definition) is 4. The Kier molecular flexibility index (Phi) is 6.72. The Hall–Kier alpha value is -1.49. The highest BCUT2D eigenvalue weighted by molar-refractivity contribution is 7.09. The number of hydrogen-bond donors (Lipinski definition) is 0. The number of piperidine rings is 2. The van der Waals surface area contributed by atoms with Crippen molar-refractivity contribution in [3.63, 3.8) is 0 Å². The number of rotatable bonds is 6. The zero-order chi connectivity index (χ0) is 18.3. The molecule has 3 heterocycles. The Balaban J connectivity index is 1.16. The molecule has 0 aliphatic carbocycles. The average molecular weight is 382 g/mol. The number of benzene rings is 1. The molecule has 0 radical (unpaired) electrons. The first-order valence-electron chi connectivity index (χ1n) is 10.4. The van der Waals surface area contributed by atoms with Gasteiger partial charge in [-0.25, -0.2) is 0 Å². The first kappa shape index (κ1) is 18.9. The molecule has 1 aromatic heterocycles. The first-order chi connectivity index (χ1) is 13.4. The molecule has 4 heteroatoms. The van der Waals surface area contributed by atoms with Crippen LogP contribution in [0.4, 0.5) is 0 Å². The lowest BCUT2D eigenvalue weighted by Gasteiger charge is -2.40. The highest BCUT2D eigenvalue weighted by Crippen LogP contribution is 2.33. The normalized spacial score (nSPS) is 21.2. The summed E-state index contributed by atoms with van der Waals surface area (Å²) in [5.74, 6) is 1.90. The molecule has 0 bridgehead atoms. The molecule has 2 aliphatic rings. The van der Waals surface area contributed by atoms with Gasteiger partial charge >= 0.3 is 0 Å². The van der Waals surface area contributed by atoms with Crippen molar-refractivity contribution >= 4 is 17.4 Å². The van der Waals surface area contributed by atoms with Gasteiger partial charge in [0.05, 0.1) is 5.51 Å². The van der Waals surface area contributed by atoms with E-state index in [9.17, 15) is 0 Å². The molecule has 2 aromatic rings. The summed E-state index contributed by atoms with van der Waals surface area (Å²) >= 11 is 1.79. The molecule has 2 saturated heterocycles. The molecule has 0 N–H and O–H groups in total. The smallest absolute Gasteiger partial charge is 0.0794 e. The molecule has 4 rings (SSSR count). The maximum absolute atomic E-state index is 4.20. The molecular weight excluding hydrogens is 350 g/mol. The maximum atomic E-state index is 4.20. The van der Waals surface area contributed by atoms with Crippen LogP contribution in [0.15, 0.2) is 48.1 Å². The van der Waals surface area contributed by atoms with E-state index in [1.807, 2.05) is 11.7 Å². The molecule has 0 atom stereocenters. The van der Waals surface area contributed by atoms with E-state index in [2.05, 4.69) is 57.3 Å². The second-order valence-corrected chi connectivity index (χ2v) is 9.00. The molecule has 0 unspecified atom stereocenters. The minimum Gasteiger partial charge on any atom is -0.300 e. The van der Waals surface area contributed by atoms with Gasteiger partial charge in [-0.1, -0.05) is 42.5 Å². The van der Waals surface area contributed by atoms with E-state index >= 15 is 0 Å². The molecule has 3 nitrogen and oxygen atoms in total. The largest absolute Gasteiger partial charge is 0.300 e. The third-order valence-electron chi connectivity index (χ3n) is 6.27. The molecule has 1 aromatic carbocycles. The third kappa shape index (κ3) is 5.50. The van der Waals surface area contributed by atoms with Crippen LogP contribution in [0.2, 0.25) is 0 Å². The zero-order valence-corrected chi connectivity index (χ0v) is 17.0. The Bertz CT molecular complexity index is 682.